The zero-order valence-electron chi connectivity index (χ0n) is 14.7. The van der Waals surface area contributed by atoms with Crippen molar-refractivity contribution in [2.24, 2.45) is 0 Å². The van der Waals surface area contributed by atoms with Gasteiger partial charge in [0, 0.05) is 38.1 Å². The lowest BCUT2D eigenvalue weighted by Crippen LogP contribution is -2.45. The Balaban J connectivity index is 0.00000121. The van der Waals surface area contributed by atoms with E-state index in [0.717, 1.165) is 43.7 Å². The van der Waals surface area contributed by atoms with Crippen LogP contribution in [0.25, 0.3) is 0 Å². The van der Waals surface area contributed by atoms with Crippen LogP contribution in [-0.2, 0) is 0 Å². The molecule has 0 saturated carbocycles. The summed E-state index contributed by atoms with van der Waals surface area (Å²) < 4.78 is 27.1. The fourth-order valence-electron chi connectivity index (χ4n) is 4.12. The third-order valence-electron chi connectivity index (χ3n) is 5.49. The first-order valence-electron chi connectivity index (χ1n) is 8.59. The monoisotopic (exact) mass is 400 g/mol. The van der Waals surface area contributed by atoms with Gasteiger partial charge in [-0.05, 0) is 54.4 Å². The molecule has 0 unspecified atom stereocenters. The molecular formula is C20H24Cl2F2N2. The summed E-state index contributed by atoms with van der Waals surface area (Å²) in [5.41, 5.74) is 3.40. The van der Waals surface area contributed by atoms with Crippen molar-refractivity contribution in [2.75, 3.05) is 33.2 Å². The zero-order valence-corrected chi connectivity index (χ0v) is 16.3. The molecule has 2 aliphatic rings. The van der Waals surface area contributed by atoms with E-state index in [1.807, 2.05) is 18.2 Å². The van der Waals surface area contributed by atoms with Crippen molar-refractivity contribution in [3.63, 3.8) is 0 Å². The van der Waals surface area contributed by atoms with Crippen molar-refractivity contribution < 1.29 is 8.78 Å². The third-order valence-corrected chi connectivity index (χ3v) is 5.49. The molecule has 0 spiro atoms. The highest BCUT2D eigenvalue weighted by molar-refractivity contribution is 5.85. The van der Waals surface area contributed by atoms with E-state index >= 15 is 0 Å². The normalized spacial score (nSPS) is 23.0. The van der Waals surface area contributed by atoms with Gasteiger partial charge in [0.2, 0.25) is 0 Å². The summed E-state index contributed by atoms with van der Waals surface area (Å²) in [6.45, 7) is 4.10. The first-order chi connectivity index (χ1) is 11.6. The van der Waals surface area contributed by atoms with Gasteiger partial charge in [-0.3, -0.25) is 4.90 Å². The lowest BCUT2D eigenvalue weighted by Gasteiger charge is -2.37. The quantitative estimate of drug-likeness (QED) is 0.724. The summed E-state index contributed by atoms with van der Waals surface area (Å²) in [5, 5.41) is 0. The summed E-state index contributed by atoms with van der Waals surface area (Å²) >= 11 is 0. The van der Waals surface area contributed by atoms with Gasteiger partial charge in [0.25, 0.3) is 0 Å². The van der Waals surface area contributed by atoms with Gasteiger partial charge in [-0.1, -0.05) is 18.2 Å². The van der Waals surface area contributed by atoms with Crippen molar-refractivity contribution in [2.45, 2.75) is 18.4 Å². The maximum atomic E-state index is 13.9. The molecule has 142 valence electrons. The molecule has 2 aromatic rings. The standard InChI is InChI=1S/C20H22F2N2.2ClH/c1-23-8-10-24(11-9-23)20-13-18(14-2-4-15(21)5-3-14)17-7-6-16(22)12-19(17)20;;/h2-7,12,18,20H,8-11,13H2,1H3;2*1H/t18-,20+;;/m1../s1. The average Bonchev–Trinajstić information content (AvgIpc) is 2.95. The Bertz CT molecular complexity index is 731. The largest absolute Gasteiger partial charge is 0.304 e. The molecule has 2 aromatic carbocycles. The second-order valence-electron chi connectivity index (χ2n) is 6.97. The molecule has 1 aliphatic heterocycles. The van der Waals surface area contributed by atoms with Crippen molar-refractivity contribution in [1.29, 1.82) is 0 Å². The van der Waals surface area contributed by atoms with Gasteiger partial charge >= 0.3 is 0 Å². The van der Waals surface area contributed by atoms with Crippen LogP contribution < -0.4 is 0 Å². The van der Waals surface area contributed by atoms with Crippen LogP contribution >= 0.6 is 24.8 Å². The van der Waals surface area contributed by atoms with Crippen molar-refractivity contribution >= 4 is 24.8 Å². The average molecular weight is 401 g/mol. The summed E-state index contributed by atoms with van der Waals surface area (Å²) in [7, 11) is 2.14. The molecule has 1 heterocycles. The van der Waals surface area contributed by atoms with E-state index in [1.165, 1.54) is 17.7 Å². The van der Waals surface area contributed by atoms with E-state index in [2.05, 4.69) is 16.8 Å². The molecule has 2 nitrogen and oxygen atoms in total. The van der Waals surface area contributed by atoms with Crippen LogP contribution in [0.15, 0.2) is 42.5 Å². The summed E-state index contributed by atoms with van der Waals surface area (Å²) in [4.78, 5) is 4.80. The zero-order chi connectivity index (χ0) is 16.7. The first-order valence-corrected chi connectivity index (χ1v) is 8.59. The molecule has 4 rings (SSSR count). The highest BCUT2D eigenvalue weighted by Crippen LogP contribution is 2.47. The number of nitrogens with zero attached hydrogens (tertiary/aromatic N) is 2. The second-order valence-corrected chi connectivity index (χ2v) is 6.97. The highest BCUT2D eigenvalue weighted by atomic mass is 35.5. The Kier molecular flexibility index (Phi) is 7.03. The Morgan fingerprint density at radius 2 is 1.42 bits per heavy atom. The molecule has 2 atom stereocenters. The molecule has 1 saturated heterocycles. The molecule has 0 aromatic heterocycles. The van der Waals surface area contributed by atoms with E-state index in [-0.39, 0.29) is 48.4 Å². The summed E-state index contributed by atoms with van der Waals surface area (Å²) in [5.74, 6) is -0.176. The van der Waals surface area contributed by atoms with Crippen molar-refractivity contribution in [3.8, 4) is 0 Å². The molecule has 0 bridgehead atoms. The predicted octanol–water partition coefficient (Wildman–Crippen LogP) is 4.63. The van der Waals surface area contributed by atoms with Crippen LogP contribution in [0.4, 0.5) is 8.78 Å². The van der Waals surface area contributed by atoms with Gasteiger partial charge in [-0.2, -0.15) is 0 Å². The number of rotatable bonds is 2. The van der Waals surface area contributed by atoms with Gasteiger partial charge in [-0.25, -0.2) is 8.78 Å². The van der Waals surface area contributed by atoms with E-state index in [4.69, 9.17) is 0 Å². The van der Waals surface area contributed by atoms with Gasteiger partial charge in [0.05, 0.1) is 0 Å². The minimum Gasteiger partial charge on any atom is -0.304 e. The van der Waals surface area contributed by atoms with Gasteiger partial charge in [0.1, 0.15) is 11.6 Å². The minimum absolute atomic E-state index is 0. The van der Waals surface area contributed by atoms with Gasteiger partial charge < -0.3 is 4.90 Å². The lowest BCUT2D eigenvalue weighted by molar-refractivity contribution is 0.110. The SMILES string of the molecule is CN1CCN([C@H]2C[C@H](c3ccc(F)cc3)c3ccc(F)cc32)CC1.Cl.Cl. The molecule has 26 heavy (non-hydrogen) atoms. The summed E-state index contributed by atoms with van der Waals surface area (Å²) in [6.07, 6.45) is 0.939. The molecule has 0 radical (unpaired) electrons. The van der Waals surface area contributed by atoms with Crippen molar-refractivity contribution in [1.82, 2.24) is 9.80 Å². The molecular weight excluding hydrogens is 377 g/mol. The number of fused-ring (bicyclic) bond motifs is 1. The number of hydrogen-bond donors (Lipinski definition) is 0. The minimum atomic E-state index is -0.216. The van der Waals surface area contributed by atoms with E-state index in [1.54, 1.807) is 12.1 Å². The molecule has 1 fully saturated rings. The molecule has 0 amide bonds. The van der Waals surface area contributed by atoms with Crippen LogP contribution in [0.3, 0.4) is 0 Å². The Hall–Kier alpha value is -1.20. The number of hydrogen-bond acceptors (Lipinski definition) is 2. The first kappa shape index (κ1) is 21.1. The number of likely N-dealkylation sites (N-methyl/N-ethyl adjacent to an activating group) is 1. The second kappa shape index (κ2) is 8.66. The maximum absolute atomic E-state index is 13.9. The van der Waals surface area contributed by atoms with Crippen molar-refractivity contribution in [3.05, 3.63) is 70.8 Å². The number of benzene rings is 2. The van der Waals surface area contributed by atoms with Crippen LogP contribution in [0.5, 0.6) is 0 Å². The van der Waals surface area contributed by atoms with Crippen LogP contribution in [-0.4, -0.2) is 43.0 Å². The summed E-state index contributed by atoms with van der Waals surface area (Å²) in [6, 6.07) is 12.2. The van der Waals surface area contributed by atoms with Crippen LogP contribution in [0, 0.1) is 11.6 Å². The fourth-order valence-corrected chi connectivity index (χ4v) is 4.12. The van der Waals surface area contributed by atoms with Crippen LogP contribution in [0.2, 0.25) is 0 Å². The molecule has 0 N–H and O–H groups in total. The van der Waals surface area contributed by atoms with E-state index < -0.39 is 0 Å². The molecule has 1 aliphatic carbocycles. The van der Waals surface area contributed by atoms with Gasteiger partial charge in [0.15, 0.2) is 0 Å². The van der Waals surface area contributed by atoms with Gasteiger partial charge in [-0.15, -0.1) is 24.8 Å². The Morgan fingerprint density at radius 3 is 2.08 bits per heavy atom. The smallest absolute Gasteiger partial charge is 0.123 e. The Morgan fingerprint density at radius 1 is 0.808 bits per heavy atom. The fraction of sp³-hybridized carbons (Fsp3) is 0.400. The van der Waals surface area contributed by atoms with E-state index in [9.17, 15) is 8.78 Å². The van der Waals surface area contributed by atoms with Crippen LogP contribution in [0.1, 0.15) is 35.1 Å². The number of piperazine rings is 1. The number of halogens is 4. The highest BCUT2D eigenvalue weighted by Gasteiger charge is 2.36. The molecule has 6 heteroatoms. The Labute approximate surface area is 166 Å². The predicted molar refractivity (Wildman–Crippen MR) is 106 cm³/mol. The van der Waals surface area contributed by atoms with E-state index in [0.29, 0.717) is 0 Å². The topological polar surface area (TPSA) is 6.48 Å². The maximum Gasteiger partial charge on any atom is 0.123 e. The lowest BCUT2D eigenvalue weighted by atomic mass is 9.93. The third kappa shape index (κ3) is 4.04.